The van der Waals surface area contributed by atoms with Gasteiger partial charge >= 0.3 is 0 Å². The lowest BCUT2D eigenvalue weighted by Crippen LogP contribution is -2.34. The number of halogens is 1. The van der Waals surface area contributed by atoms with E-state index in [4.69, 9.17) is 11.6 Å². The fraction of sp³-hybridized carbons (Fsp3) is 1.00. The smallest absolute Gasteiger partial charge is 0.0336 e. The maximum absolute atomic E-state index is 6.13. The van der Waals surface area contributed by atoms with Gasteiger partial charge in [0.15, 0.2) is 0 Å². The molecule has 1 nitrogen and oxygen atoms in total. The highest BCUT2D eigenvalue weighted by molar-refractivity contribution is 6.20. The van der Waals surface area contributed by atoms with Gasteiger partial charge in [-0.05, 0) is 51.0 Å². The van der Waals surface area contributed by atoms with Crippen molar-refractivity contribution in [1.82, 2.24) is 5.32 Å². The van der Waals surface area contributed by atoms with Crippen LogP contribution in [0.5, 0.6) is 0 Å². The third-order valence-corrected chi connectivity index (χ3v) is 4.76. The molecule has 0 amide bonds. The SMILES string of the molecule is ClC1CCC(CNC2CCCCCC2)CC1. The topological polar surface area (TPSA) is 12.0 Å². The molecule has 2 aliphatic carbocycles. The Balaban J connectivity index is 1.62. The predicted octanol–water partition coefficient (Wildman–Crippen LogP) is 4.10. The maximum atomic E-state index is 6.13. The molecule has 2 aliphatic rings. The molecule has 0 spiro atoms. The summed E-state index contributed by atoms with van der Waals surface area (Å²) in [5, 5.41) is 4.27. The quantitative estimate of drug-likeness (QED) is 0.582. The molecule has 0 aromatic heterocycles. The molecule has 2 heteroatoms. The van der Waals surface area contributed by atoms with Crippen LogP contribution in [0.3, 0.4) is 0 Å². The van der Waals surface area contributed by atoms with Gasteiger partial charge in [0.05, 0.1) is 0 Å². The summed E-state index contributed by atoms with van der Waals surface area (Å²) in [6, 6.07) is 0.816. The molecule has 0 atom stereocenters. The van der Waals surface area contributed by atoms with Gasteiger partial charge in [-0.2, -0.15) is 0 Å². The summed E-state index contributed by atoms with van der Waals surface area (Å²) in [4.78, 5) is 0. The zero-order chi connectivity index (χ0) is 11.2. The zero-order valence-electron chi connectivity index (χ0n) is 10.4. The summed E-state index contributed by atoms with van der Waals surface area (Å²) in [6.45, 7) is 1.24. The number of rotatable bonds is 3. The molecular formula is C14H26ClN. The van der Waals surface area contributed by atoms with Crippen LogP contribution >= 0.6 is 11.6 Å². The minimum atomic E-state index is 0.467. The van der Waals surface area contributed by atoms with E-state index in [0.717, 1.165) is 12.0 Å². The Bertz CT molecular complexity index is 179. The normalized spacial score (nSPS) is 33.6. The van der Waals surface area contributed by atoms with Gasteiger partial charge in [0, 0.05) is 11.4 Å². The van der Waals surface area contributed by atoms with E-state index in [-0.39, 0.29) is 0 Å². The highest BCUT2D eigenvalue weighted by Gasteiger charge is 2.20. The van der Waals surface area contributed by atoms with Crippen molar-refractivity contribution >= 4 is 11.6 Å². The Morgan fingerprint density at radius 1 is 0.812 bits per heavy atom. The molecule has 2 fully saturated rings. The first-order valence-electron chi connectivity index (χ1n) is 7.22. The highest BCUT2D eigenvalue weighted by Crippen LogP contribution is 2.27. The van der Waals surface area contributed by atoms with Gasteiger partial charge in [-0.3, -0.25) is 0 Å². The molecule has 2 saturated carbocycles. The average molecular weight is 244 g/mol. The fourth-order valence-corrected chi connectivity index (χ4v) is 3.39. The largest absolute Gasteiger partial charge is 0.314 e. The van der Waals surface area contributed by atoms with Crippen LogP contribution in [0.15, 0.2) is 0 Å². The third kappa shape index (κ3) is 4.25. The molecule has 0 aliphatic heterocycles. The maximum Gasteiger partial charge on any atom is 0.0336 e. The van der Waals surface area contributed by atoms with Crippen molar-refractivity contribution in [2.24, 2.45) is 5.92 Å². The van der Waals surface area contributed by atoms with E-state index >= 15 is 0 Å². The summed E-state index contributed by atoms with van der Waals surface area (Å²) in [5.74, 6) is 0.901. The van der Waals surface area contributed by atoms with Gasteiger partial charge in [0.25, 0.3) is 0 Å². The number of alkyl halides is 1. The molecule has 16 heavy (non-hydrogen) atoms. The molecule has 0 unspecified atom stereocenters. The van der Waals surface area contributed by atoms with Crippen LogP contribution in [-0.2, 0) is 0 Å². The predicted molar refractivity (Wildman–Crippen MR) is 71.1 cm³/mol. The second kappa shape index (κ2) is 6.86. The van der Waals surface area contributed by atoms with Gasteiger partial charge in [0.2, 0.25) is 0 Å². The lowest BCUT2D eigenvalue weighted by atomic mass is 9.88. The number of hydrogen-bond acceptors (Lipinski definition) is 1. The Labute approximate surface area is 105 Å². The van der Waals surface area contributed by atoms with Crippen LogP contribution in [0, 0.1) is 5.92 Å². The van der Waals surface area contributed by atoms with Crippen LogP contribution in [0.1, 0.15) is 64.2 Å². The molecule has 0 radical (unpaired) electrons. The van der Waals surface area contributed by atoms with Crippen LogP contribution < -0.4 is 5.32 Å². The van der Waals surface area contributed by atoms with Crippen molar-refractivity contribution in [2.45, 2.75) is 75.6 Å². The van der Waals surface area contributed by atoms with Crippen molar-refractivity contribution in [3.05, 3.63) is 0 Å². The Morgan fingerprint density at radius 2 is 1.44 bits per heavy atom. The van der Waals surface area contributed by atoms with Crippen molar-refractivity contribution in [3.8, 4) is 0 Å². The van der Waals surface area contributed by atoms with E-state index in [0.29, 0.717) is 5.38 Å². The standard InChI is InChI=1S/C14H26ClN/c15-13-9-7-12(8-10-13)11-16-14-5-3-1-2-4-6-14/h12-14,16H,1-11H2. The van der Waals surface area contributed by atoms with Gasteiger partial charge in [0.1, 0.15) is 0 Å². The van der Waals surface area contributed by atoms with E-state index < -0.39 is 0 Å². The molecule has 0 heterocycles. The van der Waals surface area contributed by atoms with Crippen molar-refractivity contribution in [1.29, 1.82) is 0 Å². The van der Waals surface area contributed by atoms with Gasteiger partial charge in [-0.15, -0.1) is 11.6 Å². The molecule has 1 N–H and O–H groups in total. The molecule has 0 bridgehead atoms. The zero-order valence-corrected chi connectivity index (χ0v) is 11.1. The second-order valence-electron chi connectivity index (χ2n) is 5.71. The minimum absolute atomic E-state index is 0.467. The number of nitrogens with one attached hydrogen (secondary N) is 1. The number of hydrogen-bond donors (Lipinski definition) is 1. The second-order valence-corrected chi connectivity index (χ2v) is 6.33. The molecule has 2 rings (SSSR count). The first-order valence-corrected chi connectivity index (χ1v) is 7.65. The van der Waals surface area contributed by atoms with Crippen molar-refractivity contribution < 1.29 is 0 Å². The average Bonchev–Trinajstić information content (AvgIpc) is 2.57. The van der Waals surface area contributed by atoms with E-state index in [9.17, 15) is 0 Å². The van der Waals surface area contributed by atoms with E-state index in [2.05, 4.69) is 5.32 Å². The molecular weight excluding hydrogens is 218 g/mol. The minimum Gasteiger partial charge on any atom is -0.314 e. The third-order valence-electron chi connectivity index (χ3n) is 4.33. The van der Waals surface area contributed by atoms with Gasteiger partial charge < -0.3 is 5.32 Å². The lowest BCUT2D eigenvalue weighted by Gasteiger charge is -2.27. The van der Waals surface area contributed by atoms with Crippen molar-refractivity contribution in [3.63, 3.8) is 0 Å². The van der Waals surface area contributed by atoms with Gasteiger partial charge in [-0.1, -0.05) is 25.7 Å². The monoisotopic (exact) mass is 243 g/mol. The van der Waals surface area contributed by atoms with Crippen LogP contribution in [0.25, 0.3) is 0 Å². The van der Waals surface area contributed by atoms with E-state index in [1.165, 1.54) is 70.8 Å². The first-order chi connectivity index (χ1) is 7.84. The van der Waals surface area contributed by atoms with E-state index in [1.54, 1.807) is 0 Å². The Kier molecular flexibility index (Phi) is 5.44. The molecule has 0 aromatic rings. The molecule has 0 saturated heterocycles. The van der Waals surface area contributed by atoms with Crippen molar-refractivity contribution in [2.75, 3.05) is 6.54 Å². The first kappa shape index (κ1) is 12.7. The van der Waals surface area contributed by atoms with Crippen LogP contribution in [0.4, 0.5) is 0 Å². The molecule has 94 valence electrons. The summed E-state index contributed by atoms with van der Waals surface area (Å²) in [7, 11) is 0. The molecule has 0 aromatic carbocycles. The van der Waals surface area contributed by atoms with Crippen LogP contribution in [-0.4, -0.2) is 18.0 Å². The van der Waals surface area contributed by atoms with E-state index in [1.807, 2.05) is 0 Å². The summed E-state index contributed by atoms with van der Waals surface area (Å²) >= 11 is 6.13. The highest BCUT2D eigenvalue weighted by atomic mass is 35.5. The Hall–Kier alpha value is 0.250. The Morgan fingerprint density at radius 3 is 2.06 bits per heavy atom. The van der Waals surface area contributed by atoms with Gasteiger partial charge in [-0.25, -0.2) is 0 Å². The lowest BCUT2D eigenvalue weighted by molar-refractivity contribution is 0.321. The van der Waals surface area contributed by atoms with Crippen LogP contribution in [0.2, 0.25) is 0 Å². The summed E-state index contributed by atoms with van der Waals surface area (Å²) in [6.07, 6.45) is 13.7. The fourth-order valence-electron chi connectivity index (χ4n) is 3.14. The summed E-state index contributed by atoms with van der Waals surface area (Å²) in [5.41, 5.74) is 0. The summed E-state index contributed by atoms with van der Waals surface area (Å²) < 4.78 is 0.